The predicted molar refractivity (Wildman–Crippen MR) is 90.1 cm³/mol. The molecule has 1 N–H and O–H groups in total. The van der Waals surface area contributed by atoms with E-state index >= 15 is 0 Å². The summed E-state index contributed by atoms with van der Waals surface area (Å²) in [5.41, 5.74) is 2.29. The van der Waals surface area contributed by atoms with Gasteiger partial charge in [-0.25, -0.2) is 4.39 Å². The van der Waals surface area contributed by atoms with Gasteiger partial charge in [-0.15, -0.1) is 0 Å². The highest BCUT2D eigenvalue weighted by molar-refractivity contribution is 9.10. The van der Waals surface area contributed by atoms with Gasteiger partial charge < -0.3 is 5.32 Å². The van der Waals surface area contributed by atoms with Crippen molar-refractivity contribution >= 4 is 15.9 Å². The van der Waals surface area contributed by atoms with Gasteiger partial charge in [-0.2, -0.15) is 0 Å². The maximum Gasteiger partial charge on any atom is 0.123 e. The summed E-state index contributed by atoms with van der Waals surface area (Å²) < 4.78 is 14.5. The molecule has 2 rings (SSSR count). The van der Waals surface area contributed by atoms with Crippen LogP contribution in [0.25, 0.3) is 0 Å². The van der Waals surface area contributed by atoms with E-state index in [2.05, 4.69) is 47.2 Å². The van der Waals surface area contributed by atoms with E-state index in [1.807, 2.05) is 18.2 Å². The van der Waals surface area contributed by atoms with E-state index in [9.17, 15) is 4.39 Å². The van der Waals surface area contributed by atoms with E-state index in [-0.39, 0.29) is 5.82 Å². The summed E-state index contributed by atoms with van der Waals surface area (Å²) in [5, 5.41) is 3.49. The van der Waals surface area contributed by atoms with Crippen molar-refractivity contribution < 1.29 is 4.39 Å². The van der Waals surface area contributed by atoms with E-state index in [0.717, 1.165) is 23.0 Å². The van der Waals surface area contributed by atoms with Gasteiger partial charge in [-0.05, 0) is 35.7 Å². The lowest BCUT2D eigenvalue weighted by Crippen LogP contribution is -2.29. The summed E-state index contributed by atoms with van der Waals surface area (Å²) in [7, 11) is 0. The minimum Gasteiger partial charge on any atom is -0.314 e. The summed E-state index contributed by atoms with van der Waals surface area (Å²) >= 11 is 3.63. The number of hydrogen-bond acceptors (Lipinski definition) is 1. The second-order valence-electron chi connectivity index (χ2n) is 5.62. The molecule has 0 spiro atoms. The molecule has 1 nitrogen and oxygen atoms in total. The molecule has 0 aliphatic heterocycles. The van der Waals surface area contributed by atoms with Gasteiger partial charge in [0.1, 0.15) is 5.82 Å². The first-order chi connectivity index (χ1) is 10.1. The first-order valence-corrected chi connectivity index (χ1v) is 8.08. The van der Waals surface area contributed by atoms with Crippen LogP contribution in [0.2, 0.25) is 0 Å². The maximum absolute atomic E-state index is 13.4. The van der Waals surface area contributed by atoms with Gasteiger partial charge in [0.25, 0.3) is 0 Å². The average molecular weight is 350 g/mol. The van der Waals surface area contributed by atoms with Crippen LogP contribution >= 0.6 is 15.9 Å². The predicted octanol–water partition coefficient (Wildman–Crippen LogP) is 4.91. The number of nitrogens with one attached hydrogen (secondary N) is 1. The number of halogens is 2. The fraction of sp³-hybridized carbons (Fsp3) is 0.333. The summed E-state index contributed by atoms with van der Waals surface area (Å²) in [6.45, 7) is 5.15. The van der Waals surface area contributed by atoms with Crippen LogP contribution in [0, 0.1) is 5.82 Å². The van der Waals surface area contributed by atoms with Crippen LogP contribution in [-0.2, 0) is 6.42 Å². The molecule has 112 valence electrons. The van der Waals surface area contributed by atoms with Crippen LogP contribution in [-0.4, -0.2) is 12.6 Å². The molecule has 0 fully saturated rings. The maximum atomic E-state index is 13.4. The van der Waals surface area contributed by atoms with Crippen molar-refractivity contribution in [3.63, 3.8) is 0 Å². The van der Waals surface area contributed by atoms with Crippen LogP contribution in [0.5, 0.6) is 0 Å². The molecular formula is C18H21BrFN. The molecule has 0 saturated carbocycles. The molecule has 0 heterocycles. The van der Waals surface area contributed by atoms with Crippen molar-refractivity contribution in [3.05, 3.63) is 69.9 Å². The van der Waals surface area contributed by atoms with Crippen LogP contribution in [0.4, 0.5) is 4.39 Å². The fourth-order valence-electron chi connectivity index (χ4n) is 2.42. The second-order valence-corrected chi connectivity index (χ2v) is 6.47. The molecule has 0 bridgehead atoms. The summed E-state index contributed by atoms with van der Waals surface area (Å²) in [6, 6.07) is 15.6. The number of hydrogen-bond donors (Lipinski definition) is 1. The quantitative estimate of drug-likeness (QED) is 0.780. The van der Waals surface area contributed by atoms with Crippen molar-refractivity contribution in [1.82, 2.24) is 5.32 Å². The lowest BCUT2D eigenvalue weighted by atomic mass is 9.91. The van der Waals surface area contributed by atoms with E-state index in [0.29, 0.717) is 12.0 Å². The van der Waals surface area contributed by atoms with Gasteiger partial charge in [-0.1, -0.05) is 60.1 Å². The van der Waals surface area contributed by atoms with Crippen LogP contribution < -0.4 is 5.32 Å². The molecule has 1 atom stereocenters. The summed E-state index contributed by atoms with van der Waals surface area (Å²) in [5.74, 6) is 0.139. The van der Waals surface area contributed by atoms with E-state index in [1.165, 1.54) is 11.6 Å². The topological polar surface area (TPSA) is 12.0 Å². The molecule has 0 aliphatic carbocycles. The van der Waals surface area contributed by atoms with Crippen LogP contribution in [0.15, 0.2) is 53.0 Å². The Balaban J connectivity index is 2.22. The molecule has 0 aliphatic rings. The van der Waals surface area contributed by atoms with Gasteiger partial charge in [0.15, 0.2) is 0 Å². The number of rotatable bonds is 6. The zero-order chi connectivity index (χ0) is 15.2. The Labute approximate surface area is 134 Å². The van der Waals surface area contributed by atoms with Gasteiger partial charge in [0, 0.05) is 23.0 Å². The molecule has 0 radical (unpaired) electrons. The molecular weight excluding hydrogens is 329 g/mol. The van der Waals surface area contributed by atoms with E-state index in [1.54, 1.807) is 12.1 Å². The molecule has 2 aromatic carbocycles. The molecule has 3 heteroatoms. The third kappa shape index (κ3) is 4.94. The summed E-state index contributed by atoms with van der Waals surface area (Å²) in [6.07, 6.45) is 0.820. The minimum atomic E-state index is -0.171. The third-order valence-corrected chi connectivity index (χ3v) is 4.21. The highest BCUT2D eigenvalue weighted by Gasteiger charge is 2.15. The Morgan fingerprint density at radius 3 is 2.52 bits per heavy atom. The van der Waals surface area contributed by atoms with Gasteiger partial charge in [0.2, 0.25) is 0 Å². The zero-order valence-corrected chi connectivity index (χ0v) is 14.0. The Hall–Kier alpha value is -1.19. The highest BCUT2D eigenvalue weighted by atomic mass is 79.9. The molecule has 0 saturated heterocycles. The van der Waals surface area contributed by atoms with Gasteiger partial charge in [0.05, 0.1) is 0 Å². The zero-order valence-electron chi connectivity index (χ0n) is 12.4. The Bertz CT molecular complexity index is 583. The van der Waals surface area contributed by atoms with Crippen LogP contribution in [0.1, 0.15) is 30.9 Å². The lowest BCUT2D eigenvalue weighted by Gasteiger charge is -2.21. The second kappa shape index (κ2) is 7.71. The lowest BCUT2D eigenvalue weighted by molar-refractivity contribution is 0.524. The normalized spacial score (nSPS) is 12.6. The first-order valence-electron chi connectivity index (χ1n) is 7.28. The standard InChI is InChI=1S/C18H21BrFN/c1-13(2)21-12-15(17-8-3-4-9-18(17)19)10-14-6-5-7-16(20)11-14/h3-9,11,13,15,21H,10,12H2,1-2H3. The SMILES string of the molecule is CC(C)NCC(Cc1cccc(F)c1)c1ccccc1Br. The first kappa shape index (κ1) is 16.2. The molecule has 2 aromatic rings. The Morgan fingerprint density at radius 1 is 1.10 bits per heavy atom. The largest absolute Gasteiger partial charge is 0.314 e. The van der Waals surface area contributed by atoms with Crippen molar-refractivity contribution in [1.29, 1.82) is 0 Å². The van der Waals surface area contributed by atoms with Gasteiger partial charge >= 0.3 is 0 Å². The minimum absolute atomic E-state index is 0.171. The molecule has 1 unspecified atom stereocenters. The van der Waals surface area contributed by atoms with Crippen molar-refractivity contribution in [2.24, 2.45) is 0 Å². The summed E-state index contributed by atoms with van der Waals surface area (Å²) in [4.78, 5) is 0. The average Bonchev–Trinajstić information content (AvgIpc) is 2.44. The van der Waals surface area contributed by atoms with E-state index < -0.39 is 0 Å². The molecule has 0 aromatic heterocycles. The monoisotopic (exact) mass is 349 g/mol. The number of benzene rings is 2. The van der Waals surface area contributed by atoms with Crippen molar-refractivity contribution in [2.75, 3.05) is 6.54 Å². The molecule has 0 amide bonds. The van der Waals surface area contributed by atoms with E-state index in [4.69, 9.17) is 0 Å². The Kier molecular flexibility index (Phi) is 5.95. The molecule has 21 heavy (non-hydrogen) atoms. The van der Waals surface area contributed by atoms with Crippen molar-refractivity contribution in [2.45, 2.75) is 32.2 Å². The fourth-order valence-corrected chi connectivity index (χ4v) is 3.03. The van der Waals surface area contributed by atoms with Gasteiger partial charge in [-0.3, -0.25) is 0 Å². The van der Waals surface area contributed by atoms with Crippen molar-refractivity contribution in [3.8, 4) is 0 Å². The smallest absolute Gasteiger partial charge is 0.123 e. The Morgan fingerprint density at radius 2 is 1.86 bits per heavy atom. The third-order valence-electron chi connectivity index (χ3n) is 3.49. The highest BCUT2D eigenvalue weighted by Crippen LogP contribution is 2.27. The van der Waals surface area contributed by atoms with Crippen LogP contribution in [0.3, 0.4) is 0 Å².